The number of nitrogen functional groups attached to an aromatic ring is 1. The monoisotopic (exact) mass is 140 g/mol. The molecule has 0 bridgehead atoms. The number of nitrogens with one attached hydrogen (secondary N) is 1. The van der Waals surface area contributed by atoms with Crippen LogP contribution >= 0.6 is 0 Å². The van der Waals surface area contributed by atoms with Crippen molar-refractivity contribution in [3.8, 4) is 0 Å². The summed E-state index contributed by atoms with van der Waals surface area (Å²) < 4.78 is 51.7. The Balaban J connectivity index is 2.97. The van der Waals surface area contributed by atoms with Gasteiger partial charge in [0.25, 0.3) is 0 Å². The molecule has 1 heterocycles. The fourth-order valence-electron chi connectivity index (χ4n) is 0.686. The molecular formula is C7H7N3. The van der Waals surface area contributed by atoms with Crippen molar-refractivity contribution in [2.24, 2.45) is 0 Å². The first kappa shape index (κ1) is 1.75. The Morgan fingerprint density at radius 1 is 1.70 bits per heavy atom. The van der Waals surface area contributed by atoms with Gasteiger partial charge in [-0.05, 0) is 12.1 Å². The molecule has 50 valence electrons. The van der Waals surface area contributed by atoms with Crippen LogP contribution in [0.3, 0.4) is 0 Å². The lowest BCUT2D eigenvalue weighted by Gasteiger charge is -1.81. The molecule has 0 radical (unpaired) electrons. The summed E-state index contributed by atoms with van der Waals surface area (Å²) in [6.45, 7) is 0. The van der Waals surface area contributed by atoms with E-state index in [1.807, 2.05) is 0 Å². The van der Waals surface area contributed by atoms with Gasteiger partial charge >= 0.3 is 0 Å². The van der Waals surface area contributed by atoms with Gasteiger partial charge in [-0.25, -0.2) is 4.98 Å². The number of fused-ring (bicyclic) bond motifs is 1. The van der Waals surface area contributed by atoms with E-state index >= 15 is 0 Å². The Hall–Kier alpha value is -1.51. The van der Waals surface area contributed by atoms with Gasteiger partial charge in [0.2, 0.25) is 0 Å². The zero-order chi connectivity index (χ0) is 12.9. The highest BCUT2D eigenvalue weighted by Gasteiger charge is 1.94. The van der Waals surface area contributed by atoms with E-state index in [1.54, 1.807) is 0 Å². The fourth-order valence-corrected chi connectivity index (χ4v) is 0.686. The van der Waals surface area contributed by atoms with Gasteiger partial charge in [-0.2, -0.15) is 0 Å². The van der Waals surface area contributed by atoms with Crippen molar-refractivity contribution in [1.29, 1.82) is 0 Å². The van der Waals surface area contributed by atoms with Crippen LogP contribution in [0.1, 0.15) is 5.48 Å². The van der Waals surface area contributed by atoms with Gasteiger partial charge in [-0.3, -0.25) is 0 Å². The van der Waals surface area contributed by atoms with E-state index in [0.29, 0.717) is 4.98 Å². The Labute approximate surface area is 67.9 Å². The molecule has 2 rings (SSSR count). The first-order chi connectivity index (χ1) is 7.86. The molecule has 2 aromatic rings. The van der Waals surface area contributed by atoms with Crippen molar-refractivity contribution in [1.82, 2.24) is 9.96 Å². The highest BCUT2D eigenvalue weighted by Crippen LogP contribution is 2.10. The number of hydrogen-bond donors (Lipinski definition) is 2. The van der Waals surface area contributed by atoms with Crippen molar-refractivity contribution in [2.75, 3.05) is 5.72 Å². The Morgan fingerprint density at radius 2 is 2.60 bits per heavy atom. The van der Waals surface area contributed by atoms with Crippen LogP contribution in [-0.4, -0.2) is 9.96 Å². The molecule has 1 aromatic carbocycles. The number of anilines is 1. The van der Waals surface area contributed by atoms with E-state index in [9.17, 15) is 0 Å². The zero-order valence-corrected chi connectivity index (χ0v) is 4.84. The second-order valence-electron chi connectivity index (χ2n) is 1.72. The Kier molecular flexibility index (Phi) is 0.304. The number of hydrogen-bond acceptors (Lipinski definition) is 2. The first-order valence-electron chi connectivity index (χ1n) is 5.96. The van der Waals surface area contributed by atoms with Gasteiger partial charge in [0.15, 0.2) is 10.2 Å². The van der Waals surface area contributed by atoms with Crippen LogP contribution in [0.5, 0.6) is 0 Å². The van der Waals surface area contributed by atoms with Gasteiger partial charge < -0.3 is 10.7 Å². The van der Waals surface area contributed by atoms with Gasteiger partial charge in [-0.15, -0.1) is 0 Å². The van der Waals surface area contributed by atoms with Crippen molar-refractivity contribution in [2.45, 2.75) is 0 Å². The molecule has 0 aliphatic rings. The van der Waals surface area contributed by atoms with Crippen molar-refractivity contribution < 1.29 is 9.72 Å². The number of H-pyrrole nitrogens is 1. The SMILES string of the molecule is [2H]c1c([2H])c([2H])c2c(nc(N([2H])[2H])n2[2H])c1[2H]. The van der Waals surface area contributed by atoms with Crippen LogP contribution in [0.4, 0.5) is 5.95 Å². The molecule has 0 fully saturated rings. The predicted molar refractivity (Wildman–Crippen MR) is 40.5 cm³/mol. The van der Waals surface area contributed by atoms with E-state index in [1.165, 1.54) is 0 Å². The number of imidazole rings is 1. The number of aromatic amines is 1. The second kappa shape index (κ2) is 1.73. The van der Waals surface area contributed by atoms with Crippen LogP contribution in [0.25, 0.3) is 11.0 Å². The van der Waals surface area contributed by atoms with Crippen molar-refractivity contribution in [3.63, 3.8) is 0 Å². The van der Waals surface area contributed by atoms with Crippen LogP contribution in [0, 0.1) is 0 Å². The van der Waals surface area contributed by atoms with Crippen LogP contribution in [0.2, 0.25) is 4.24 Å². The largest absolute Gasteiger partial charge is 0.369 e. The van der Waals surface area contributed by atoms with E-state index in [2.05, 4.69) is 4.98 Å². The molecule has 0 saturated heterocycles. The minimum absolute atomic E-state index is 0.0825. The van der Waals surface area contributed by atoms with E-state index in [-0.39, 0.29) is 22.8 Å². The molecule has 3 N–H and O–H groups in total. The second-order valence-corrected chi connectivity index (χ2v) is 1.72. The number of aromatic nitrogens is 2. The summed E-state index contributed by atoms with van der Waals surface area (Å²) in [6, 6.07) is -1.70. The maximum atomic E-state index is 7.61. The minimum Gasteiger partial charge on any atom is -0.369 e. The van der Waals surface area contributed by atoms with Crippen LogP contribution < -0.4 is 5.72 Å². The number of rotatable bonds is 1. The molecule has 3 heteroatoms. The molecular weight excluding hydrogens is 126 g/mol. The lowest BCUT2D eigenvalue weighted by Crippen LogP contribution is -1.84. The lowest BCUT2D eigenvalue weighted by molar-refractivity contribution is 1.35. The average Bonchev–Trinajstić information content (AvgIpc) is 2.62. The maximum Gasteiger partial charge on any atom is 0.198 e. The molecule has 0 atom stereocenters. The molecule has 0 saturated carbocycles. The standard InChI is InChI=1S/C7H7N3/c8-7-9-5-3-1-2-4-6(5)10-7/h1-4H,(H3,8,9,10)/i1D,2D,3D,4D/hD3. The maximum absolute atomic E-state index is 7.61. The molecule has 10 heavy (non-hydrogen) atoms. The summed E-state index contributed by atoms with van der Waals surface area (Å²) in [5, 5.41) is 0. The fraction of sp³-hybridized carbons (Fsp3) is 0. The third-order valence-corrected chi connectivity index (χ3v) is 1.07. The summed E-state index contributed by atoms with van der Waals surface area (Å²) in [4.78, 5) is 4.24. The summed E-state index contributed by atoms with van der Waals surface area (Å²) in [5.41, 5.74) is -0.181. The van der Waals surface area contributed by atoms with Crippen LogP contribution in [0.15, 0.2) is 24.2 Å². The summed E-state index contributed by atoms with van der Waals surface area (Å²) in [5.74, 6) is -0.396. The Bertz CT molecular complexity index is 606. The molecule has 1 aromatic heterocycles. The molecule has 0 spiro atoms. The number of para-hydroxylation sites is 2. The molecule has 0 aliphatic heterocycles. The van der Waals surface area contributed by atoms with Gasteiger partial charge in [0.1, 0.15) is 0 Å². The number of nitrogens with zero attached hydrogens (tertiary/aromatic N) is 1. The van der Waals surface area contributed by atoms with E-state index in [4.69, 9.17) is 9.72 Å². The molecule has 0 unspecified atom stereocenters. The number of benzene rings is 1. The normalized spacial score (nSPS) is 19.8. The zero-order valence-electron chi connectivity index (χ0n) is 11.8. The predicted octanol–water partition coefficient (Wildman–Crippen LogP) is 1.15. The van der Waals surface area contributed by atoms with Crippen molar-refractivity contribution >= 4 is 17.0 Å². The lowest BCUT2D eigenvalue weighted by atomic mass is 10.3. The third-order valence-electron chi connectivity index (χ3n) is 1.07. The smallest absolute Gasteiger partial charge is 0.198 e. The average molecular weight is 140 g/mol. The van der Waals surface area contributed by atoms with Gasteiger partial charge in [0, 0.05) is 0 Å². The third kappa shape index (κ3) is 0.639. The summed E-state index contributed by atoms with van der Waals surface area (Å²) in [7, 11) is 0. The molecule has 0 amide bonds. The quantitative estimate of drug-likeness (QED) is 0.624. The summed E-state index contributed by atoms with van der Waals surface area (Å²) in [6.07, 6.45) is 0. The Morgan fingerprint density at radius 3 is 3.50 bits per heavy atom. The van der Waals surface area contributed by atoms with E-state index < -0.39 is 24.1 Å². The van der Waals surface area contributed by atoms with Gasteiger partial charge in [0.05, 0.1) is 16.5 Å². The van der Waals surface area contributed by atoms with Gasteiger partial charge in [-0.1, -0.05) is 12.1 Å². The highest BCUT2D eigenvalue weighted by atomic mass is 15.0. The molecule has 0 aliphatic carbocycles. The number of nitrogens with two attached hydrogens (primary N) is 1. The first-order valence-corrected chi connectivity index (χ1v) is 2.62. The van der Waals surface area contributed by atoms with E-state index in [0.717, 1.165) is 0 Å². The topological polar surface area (TPSA) is 54.7 Å². The highest BCUT2D eigenvalue weighted by molar-refractivity contribution is 5.76. The molecule has 3 nitrogen and oxygen atoms in total. The van der Waals surface area contributed by atoms with Crippen LogP contribution in [-0.2, 0) is 0 Å². The summed E-state index contributed by atoms with van der Waals surface area (Å²) >= 11 is 0. The van der Waals surface area contributed by atoms with Crippen molar-refractivity contribution in [3.05, 3.63) is 24.2 Å². The minimum atomic E-state index is -0.469.